The van der Waals surface area contributed by atoms with Crippen molar-refractivity contribution in [3.8, 4) is 6.07 Å². The third-order valence-electron chi connectivity index (χ3n) is 4.96. The summed E-state index contributed by atoms with van der Waals surface area (Å²) < 4.78 is 0. The molecule has 1 aliphatic heterocycles. The molecule has 1 atom stereocenters. The Morgan fingerprint density at radius 3 is 2.75 bits per heavy atom. The molecule has 0 bridgehead atoms. The van der Waals surface area contributed by atoms with Crippen molar-refractivity contribution >= 4 is 11.8 Å². The van der Waals surface area contributed by atoms with E-state index in [-0.39, 0.29) is 30.6 Å². The molecular weight excluding hydrogens is 352 g/mol. The SMILES string of the molecule is Cc1ccc(CN2CC(C(=O)N(CCC#N)Cc3cccnc3)CC2=O)cc1. The average Bonchev–Trinajstić information content (AvgIpc) is 3.07. The molecule has 1 aromatic carbocycles. The molecule has 0 aliphatic carbocycles. The van der Waals surface area contributed by atoms with E-state index in [9.17, 15) is 9.59 Å². The third-order valence-corrected chi connectivity index (χ3v) is 4.96. The molecule has 1 aromatic heterocycles. The van der Waals surface area contributed by atoms with Gasteiger partial charge in [-0.15, -0.1) is 0 Å². The quantitative estimate of drug-likeness (QED) is 0.744. The lowest BCUT2D eigenvalue weighted by molar-refractivity contribution is -0.136. The molecule has 3 rings (SSSR count). The number of hydrogen-bond donors (Lipinski definition) is 0. The molecule has 1 unspecified atom stereocenters. The van der Waals surface area contributed by atoms with Gasteiger partial charge in [0, 0.05) is 45.0 Å². The highest BCUT2D eigenvalue weighted by molar-refractivity contribution is 5.89. The summed E-state index contributed by atoms with van der Waals surface area (Å²) in [6.07, 6.45) is 3.89. The average molecular weight is 376 g/mol. The summed E-state index contributed by atoms with van der Waals surface area (Å²) in [6.45, 7) is 3.72. The van der Waals surface area contributed by atoms with Gasteiger partial charge in [0.25, 0.3) is 0 Å². The van der Waals surface area contributed by atoms with E-state index in [1.54, 1.807) is 22.2 Å². The topological polar surface area (TPSA) is 77.3 Å². The Kier molecular flexibility index (Phi) is 6.38. The van der Waals surface area contributed by atoms with Crippen LogP contribution in [0.15, 0.2) is 48.8 Å². The fourth-order valence-corrected chi connectivity index (χ4v) is 3.43. The second-order valence-electron chi connectivity index (χ2n) is 7.19. The molecule has 6 nitrogen and oxygen atoms in total. The molecule has 1 aliphatic rings. The molecule has 2 aromatic rings. The highest BCUT2D eigenvalue weighted by Gasteiger charge is 2.36. The predicted molar refractivity (Wildman–Crippen MR) is 105 cm³/mol. The van der Waals surface area contributed by atoms with Crippen LogP contribution in [-0.4, -0.2) is 39.7 Å². The van der Waals surface area contributed by atoms with Crippen LogP contribution in [-0.2, 0) is 22.7 Å². The Bertz CT molecular complexity index is 858. The van der Waals surface area contributed by atoms with Gasteiger partial charge in [-0.2, -0.15) is 5.26 Å². The standard InChI is InChI=1S/C22H24N4O2/c1-17-5-7-18(8-6-17)14-26-16-20(12-21(26)27)22(28)25(11-3-9-23)15-19-4-2-10-24-13-19/h2,4-8,10,13,20H,3,11-12,14-16H2,1H3. The molecule has 28 heavy (non-hydrogen) atoms. The fraction of sp³-hybridized carbons (Fsp3) is 0.364. The van der Waals surface area contributed by atoms with Gasteiger partial charge in [-0.05, 0) is 24.1 Å². The number of carbonyl (C=O) groups is 2. The molecule has 0 saturated carbocycles. The lowest BCUT2D eigenvalue weighted by atomic mass is 10.1. The summed E-state index contributed by atoms with van der Waals surface area (Å²) >= 11 is 0. The van der Waals surface area contributed by atoms with Gasteiger partial charge in [0.15, 0.2) is 0 Å². The lowest BCUT2D eigenvalue weighted by Gasteiger charge is -2.25. The number of nitrogens with zero attached hydrogens (tertiary/aromatic N) is 4. The third kappa shape index (κ3) is 4.95. The number of rotatable bonds is 7. The number of nitriles is 1. The van der Waals surface area contributed by atoms with Gasteiger partial charge in [-0.1, -0.05) is 35.9 Å². The van der Waals surface area contributed by atoms with Crippen molar-refractivity contribution in [3.63, 3.8) is 0 Å². The summed E-state index contributed by atoms with van der Waals surface area (Å²) in [5.41, 5.74) is 3.14. The van der Waals surface area contributed by atoms with Crippen LogP contribution in [0, 0.1) is 24.2 Å². The molecular formula is C22H24N4O2. The van der Waals surface area contributed by atoms with Gasteiger partial charge in [0.05, 0.1) is 18.4 Å². The maximum Gasteiger partial charge on any atom is 0.228 e. The second kappa shape index (κ2) is 9.14. The number of aryl methyl sites for hydroxylation is 1. The Labute approximate surface area is 165 Å². The zero-order chi connectivity index (χ0) is 19.9. The van der Waals surface area contributed by atoms with E-state index >= 15 is 0 Å². The smallest absolute Gasteiger partial charge is 0.228 e. The van der Waals surface area contributed by atoms with Gasteiger partial charge in [-0.25, -0.2) is 0 Å². The van der Waals surface area contributed by atoms with Crippen LogP contribution in [0.5, 0.6) is 0 Å². The Balaban J connectivity index is 1.66. The first-order valence-electron chi connectivity index (χ1n) is 9.45. The van der Waals surface area contributed by atoms with Crippen molar-refractivity contribution < 1.29 is 9.59 Å². The van der Waals surface area contributed by atoms with Crippen molar-refractivity contribution in [2.24, 2.45) is 5.92 Å². The highest BCUT2D eigenvalue weighted by Crippen LogP contribution is 2.23. The Morgan fingerprint density at radius 1 is 1.29 bits per heavy atom. The number of benzene rings is 1. The van der Waals surface area contributed by atoms with Crippen molar-refractivity contribution in [1.82, 2.24) is 14.8 Å². The summed E-state index contributed by atoms with van der Waals surface area (Å²) in [7, 11) is 0. The minimum absolute atomic E-state index is 0.000496. The van der Waals surface area contributed by atoms with Crippen LogP contribution in [0.25, 0.3) is 0 Å². The number of likely N-dealkylation sites (tertiary alicyclic amines) is 1. The number of hydrogen-bond acceptors (Lipinski definition) is 4. The van der Waals surface area contributed by atoms with E-state index in [1.165, 1.54) is 5.56 Å². The maximum atomic E-state index is 13.1. The zero-order valence-corrected chi connectivity index (χ0v) is 16.0. The van der Waals surface area contributed by atoms with E-state index < -0.39 is 0 Å². The van der Waals surface area contributed by atoms with E-state index in [1.807, 2.05) is 43.3 Å². The van der Waals surface area contributed by atoms with Crippen molar-refractivity contribution in [2.75, 3.05) is 13.1 Å². The summed E-state index contributed by atoms with van der Waals surface area (Å²) in [4.78, 5) is 33.0. The molecule has 0 radical (unpaired) electrons. The first-order chi connectivity index (χ1) is 13.6. The van der Waals surface area contributed by atoms with Gasteiger partial charge < -0.3 is 9.80 Å². The van der Waals surface area contributed by atoms with E-state index in [0.29, 0.717) is 26.2 Å². The van der Waals surface area contributed by atoms with E-state index in [0.717, 1.165) is 11.1 Å². The lowest BCUT2D eigenvalue weighted by Crippen LogP contribution is -2.37. The van der Waals surface area contributed by atoms with E-state index in [2.05, 4.69) is 11.1 Å². The minimum atomic E-state index is -0.367. The normalized spacial score (nSPS) is 16.1. The van der Waals surface area contributed by atoms with Gasteiger partial charge in [-0.3, -0.25) is 14.6 Å². The molecule has 144 valence electrons. The molecule has 1 saturated heterocycles. The predicted octanol–water partition coefficient (Wildman–Crippen LogP) is 2.68. The van der Waals surface area contributed by atoms with Crippen LogP contribution in [0.3, 0.4) is 0 Å². The van der Waals surface area contributed by atoms with Crippen LogP contribution in [0.2, 0.25) is 0 Å². The Morgan fingerprint density at radius 2 is 2.07 bits per heavy atom. The van der Waals surface area contributed by atoms with Crippen molar-refractivity contribution in [2.45, 2.75) is 32.9 Å². The monoisotopic (exact) mass is 376 g/mol. The van der Waals surface area contributed by atoms with E-state index in [4.69, 9.17) is 5.26 Å². The first kappa shape index (κ1) is 19.6. The number of aromatic nitrogens is 1. The molecule has 0 spiro atoms. The maximum absolute atomic E-state index is 13.1. The van der Waals surface area contributed by atoms with Crippen LogP contribution in [0.4, 0.5) is 0 Å². The minimum Gasteiger partial charge on any atom is -0.338 e. The molecule has 2 amide bonds. The Hall–Kier alpha value is -3.20. The number of amides is 2. The number of pyridine rings is 1. The highest BCUT2D eigenvalue weighted by atomic mass is 16.2. The van der Waals surface area contributed by atoms with Crippen LogP contribution in [0.1, 0.15) is 29.5 Å². The van der Waals surface area contributed by atoms with Crippen LogP contribution >= 0.6 is 0 Å². The largest absolute Gasteiger partial charge is 0.338 e. The molecule has 2 heterocycles. The molecule has 0 N–H and O–H groups in total. The van der Waals surface area contributed by atoms with Crippen LogP contribution < -0.4 is 0 Å². The van der Waals surface area contributed by atoms with Crippen molar-refractivity contribution in [3.05, 3.63) is 65.5 Å². The zero-order valence-electron chi connectivity index (χ0n) is 16.0. The summed E-state index contributed by atoms with van der Waals surface area (Å²) in [6, 6.07) is 13.9. The molecule has 6 heteroatoms. The van der Waals surface area contributed by atoms with Gasteiger partial charge >= 0.3 is 0 Å². The van der Waals surface area contributed by atoms with Crippen molar-refractivity contribution in [1.29, 1.82) is 5.26 Å². The fourth-order valence-electron chi connectivity index (χ4n) is 3.43. The van der Waals surface area contributed by atoms with Gasteiger partial charge in [0.2, 0.25) is 11.8 Å². The number of carbonyl (C=O) groups excluding carboxylic acids is 2. The van der Waals surface area contributed by atoms with Gasteiger partial charge in [0.1, 0.15) is 0 Å². The summed E-state index contributed by atoms with van der Waals surface area (Å²) in [5, 5.41) is 8.93. The second-order valence-corrected chi connectivity index (χ2v) is 7.19. The summed E-state index contributed by atoms with van der Waals surface area (Å²) in [5.74, 6) is -0.437. The molecule has 1 fully saturated rings. The first-order valence-corrected chi connectivity index (χ1v) is 9.45.